The Hall–Kier alpha value is -1.26. The van der Waals surface area contributed by atoms with Gasteiger partial charge in [0.05, 0.1) is 0 Å². The predicted octanol–water partition coefficient (Wildman–Crippen LogP) is 1.07. The minimum absolute atomic E-state index is 0.0620. The van der Waals surface area contributed by atoms with Gasteiger partial charge in [-0.3, -0.25) is 4.79 Å². The molecular weight excluding hydrogens is 180 g/mol. The topological polar surface area (TPSA) is 60.7 Å². The van der Waals surface area contributed by atoms with Crippen LogP contribution in [0.2, 0.25) is 0 Å². The smallest absolute Gasteiger partial charge is 0.217 e. The Labute approximate surface area is 82.5 Å². The van der Waals surface area contributed by atoms with E-state index in [0.29, 0.717) is 11.7 Å². The molecule has 1 aromatic rings. The average molecular weight is 194 g/mol. The second kappa shape index (κ2) is 3.86. The molecule has 1 saturated carbocycles. The number of nitrogens with zero attached hydrogens (tertiary/aromatic N) is 4. The fourth-order valence-corrected chi connectivity index (χ4v) is 2.02. The van der Waals surface area contributed by atoms with E-state index in [9.17, 15) is 4.79 Å². The minimum atomic E-state index is -0.0620. The van der Waals surface area contributed by atoms with E-state index in [-0.39, 0.29) is 5.78 Å². The normalized spacial score (nSPS) is 17.5. The van der Waals surface area contributed by atoms with Crippen molar-refractivity contribution in [3.05, 3.63) is 5.82 Å². The zero-order valence-corrected chi connectivity index (χ0v) is 8.31. The summed E-state index contributed by atoms with van der Waals surface area (Å²) in [5.74, 6) is 0.974. The third-order valence-electron chi connectivity index (χ3n) is 2.75. The van der Waals surface area contributed by atoms with Gasteiger partial charge in [-0.25, -0.2) is 4.68 Å². The van der Waals surface area contributed by atoms with Crippen LogP contribution in [0, 0.1) is 5.92 Å². The molecule has 1 aromatic heterocycles. The molecule has 0 atom stereocenters. The van der Waals surface area contributed by atoms with E-state index >= 15 is 0 Å². The molecule has 1 aliphatic carbocycles. The van der Waals surface area contributed by atoms with Crippen molar-refractivity contribution in [2.45, 2.75) is 39.2 Å². The van der Waals surface area contributed by atoms with E-state index in [0.717, 1.165) is 6.54 Å². The number of tetrazole rings is 1. The van der Waals surface area contributed by atoms with Gasteiger partial charge in [-0.1, -0.05) is 12.8 Å². The van der Waals surface area contributed by atoms with Crippen molar-refractivity contribution in [1.29, 1.82) is 0 Å². The lowest BCUT2D eigenvalue weighted by Gasteiger charge is -2.08. The number of ketones is 1. The summed E-state index contributed by atoms with van der Waals surface area (Å²) in [6.07, 6.45) is 5.05. The molecule has 0 unspecified atom stereocenters. The number of hydrogen-bond acceptors (Lipinski definition) is 4. The third-order valence-corrected chi connectivity index (χ3v) is 2.75. The second-order valence-electron chi connectivity index (χ2n) is 3.89. The van der Waals surface area contributed by atoms with Crippen LogP contribution in [0.5, 0.6) is 0 Å². The Bertz CT molecular complexity index is 327. The molecule has 0 N–H and O–H groups in total. The van der Waals surface area contributed by atoms with Crippen molar-refractivity contribution in [1.82, 2.24) is 20.2 Å². The maximum Gasteiger partial charge on any atom is 0.217 e. The highest BCUT2D eigenvalue weighted by atomic mass is 16.1. The van der Waals surface area contributed by atoms with E-state index in [2.05, 4.69) is 15.5 Å². The molecule has 1 heterocycles. The lowest BCUT2D eigenvalue weighted by Crippen LogP contribution is -2.14. The standard InChI is InChI=1S/C9H14N4O/c1-7(14)9-10-11-12-13(9)6-8-4-2-3-5-8/h8H,2-6H2,1H3. The molecule has 2 rings (SSSR count). The summed E-state index contributed by atoms with van der Waals surface area (Å²) in [6.45, 7) is 2.29. The van der Waals surface area contributed by atoms with Crippen molar-refractivity contribution in [3.8, 4) is 0 Å². The Balaban J connectivity index is 2.07. The molecule has 0 saturated heterocycles. The van der Waals surface area contributed by atoms with Crippen molar-refractivity contribution in [2.24, 2.45) is 5.92 Å². The summed E-state index contributed by atoms with van der Waals surface area (Å²) >= 11 is 0. The first-order valence-electron chi connectivity index (χ1n) is 5.04. The van der Waals surface area contributed by atoms with Crippen molar-refractivity contribution in [3.63, 3.8) is 0 Å². The first kappa shape index (κ1) is 9.30. The Morgan fingerprint density at radius 3 is 2.86 bits per heavy atom. The molecule has 76 valence electrons. The first-order valence-corrected chi connectivity index (χ1v) is 5.04. The molecule has 1 fully saturated rings. The van der Waals surface area contributed by atoms with Crippen LogP contribution in [0.1, 0.15) is 43.2 Å². The van der Waals surface area contributed by atoms with Crippen molar-refractivity contribution >= 4 is 5.78 Å². The molecule has 0 aromatic carbocycles. The Kier molecular flexibility index (Phi) is 2.56. The molecule has 1 aliphatic rings. The molecule has 0 spiro atoms. The summed E-state index contributed by atoms with van der Waals surface area (Å²) in [5, 5.41) is 11.1. The monoisotopic (exact) mass is 194 g/mol. The van der Waals surface area contributed by atoms with Crippen LogP contribution in [0.15, 0.2) is 0 Å². The van der Waals surface area contributed by atoms with Gasteiger partial charge in [-0.05, 0) is 29.2 Å². The van der Waals surface area contributed by atoms with Crippen LogP contribution in [0.3, 0.4) is 0 Å². The molecular formula is C9H14N4O. The number of carbonyl (C=O) groups excluding carboxylic acids is 1. The largest absolute Gasteiger partial charge is 0.291 e. The molecule has 0 amide bonds. The number of aromatic nitrogens is 4. The summed E-state index contributed by atoms with van der Waals surface area (Å²) in [5.41, 5.74) is 0. The maximum absolute atomic E-state index is 11.1. The van der Waals surface area contributed by atoms with Gasteiger partial charge in [0.25, 0.3) is 0 Å². The zero-order valence-electron chi connectivity index (χ0n) is 8.31. The van der Waals surface area contributed by atoms with Gasteiger partial charge in [0, 0.05) is 13.5 Å². The first-order chi connectivity index (χ1) is 6.77. The van der Waals surface area contributed by atoms with Crippen LogP contribution in [-0.2, 0) is 6.54 Å². The third kappa shape index (κ3) is 1.81. The number of rotatable bonds is 3. The summed E-state index contributed by atoms with van der Waals surface area (Å²) in [4.78, 5) is 11.1. The zero-order chi connectivity index (χ0) is 9.97. The minimum Gasteiger partial charge on any atom is -0.291 e. The average Bonchev–Trinajstić information content (AvgIpc) is 2.75. The van der Waals surface area contributed by atoms with E-state index in [1.807, 2.05) is 0 Å². The van der Waals surface area contributed by atoms with Gasteiger partial charge in [-0.15, -0.1) is 5.10 Å². The van der Waals surface area contributed by atoms with Crippen molar-refractivity contribution in [2.75, 3.05) is 0 Å². The Morgan fingerprint density at radius 2 is 2.21 bits per heavy atom. The van der Waals surface area contributed by atoms with E-state index in [1.54, 1.807) is 4.68 Å². The molecule has 0 aliphatic heterocycles. The predicted molar refractivity (Wildman–Crippen MR) is 49.8 cm³/mol. The fourth-order valence-electron chi connectivity index (χ4n) is 2.02. The molecule has 0 radical (unpaired) electrons. The second-order valence-corrected chi connectivity index (χ2v) is 3.89. The summed E-state index contributed by atoms with van der Waals surface area (Å²) in [6, 6.07) is 0. The van der Waals surface area contributed by atoms with Gasteiger partial charge in [0.2, 0.25) is 5.82 Å². The maximum atomic E-state index is 11.1. The highest BCUT2D eigenvalue weighted by molar-refractivity contribution is 5.90. The van der Waals surface area contributed by atoms with Crippen molar-refractivity contribution < 1.29 is 4.79 Å². The lowest BCUT2D eigenvalue weighted by atomic mass is 10.1. The van der Waals surface area contributed by atoms with Gasteiger partial charge < -0.3 is 0 Å². The van der Waals surface area contributed by atoms with Gasteiger partial charge in [-0.2, -0.15) is 0 Å². The summed E-state index contributed by atoms with van der Waals surface area (Å²) in [7, 11) is 0. The Morgan fingerprint density at radius 1 is 1.50 bits per heavy atom. The van der Waals surface area contributed by atoms with E-state index in [4.69, 9.17) is 0 Å². The van der Waals surface area contributed by atoms with Crippen LogP contribution in [-0.4, -0.2) is 26.0 Å². The molecule has 5 nitrogen and oxygen atoms in total. The molecule has 0 bridgehead atoms. The lowest BCUT2D eigenvalue weighted by molar-refractivity contribution is 0.0996. The van der Waals surface area contributed by atoms with Crippen LogP contribution in [0.4, 0.5) is 0 Å². The highest BCUT2D eigenvalue weighted by Gasteiger charge is 2.19. The number of hydrogen-bond donors (Lipinski definition) is 0. The van der Waals surface area contributed by atoms with E-state index in [1.165, 1.54) is 32.6 Å². The highest BCUT2D eigenvalue weighted by Crippen LogP contribution is 2.25. The van der Waals surface area contributed by atoms with Gasteiger partial charge in [0.15, 0.2) is 5.78 Å². The van der Waals surface area contributed by atoms with Crippen LogP contribution >= 0.6 is 0 Å². The molecule has 14 heavy (non-hydrogen) atoms. The fraction of sp³-hybridized carbons (Fsp3) is 0.778. The van der Waals surface area contributed by atoms with Crippen LogP contribution < -0.4 is 0 Å². The number of Topliss-reactive ketones (excluding diaryl/α,β-unsaturated/α-hetero) is 1. The van der Waals surface area contributed by atoms with Gasteiger partial charge >= 0.3 is 0 Å². The quantitative estimate of drug-likeness (QED) is 0.675. The number of carbonyl (C=O) groups is 1. The SMILES string of the molecule is CC(=O)c1nnnn1CC1CCCC1. The molecule has 5 heteroatoms. The van der Waals surface area contributed by atoms with E-state index < -0.39 is 0 Å². The summed E-state index contributed by atoms with van der Waals surface area (Å²) < 4.78 is 1.64. The van der Waals surface area contributed by atoms with Gasteiger partial charge in [0.1, 0.15) is 0 Å². The van der Waals surface area contributed by atoms with Crippen LogP contribution in [0.25, 0.3) is 0 Å².